The largest absolute Gasteiger partial charge is 0.494 e. The van der Waals surface area contributed by atoms with Crippen molar-refractivity contribution in [3.05, 3.63) is 24.3 Å². The van der Waals surface area contributed by atoms with E-state index in [4.69, 9.17) is 15.0 Å². The summed E-state index contributed by atoms with van der Waals surface area (Å²) in [6.45, 7) is 2.94. The van der Waals surface area contributed by atoms with Crippen molar-refractivity contribution in [2.75, 3.05) is 26.7 Å². The quantitative estimate of drug-likeness (QED) is 0.885. The normalized spacial score (nSPS) is 17.0. The molecule has 3 heterocycles. The Kier molecular flexibility index (Phi) is 4.12. The molecule has 0 amide bonds. The highest BCUT2D eigenvalue weighted by molar-refractivity contribution is 5.61. The van der Waals surface area contributed by atoms with Crippen LogP contribution >= 0.6 is 0 Å². The van der Waals surface area contributed by atoms with Crippen molar-refractivity contribution < 1.29 is 9.26 Å². The summed E-state index contributed by atoms with van der Waals surface area (Å²) in [6, 6.07) is 1.54. The molecular formula is C14H19N5O2. The van der Waals surface area contributed by atoms with E-state index in [0.29, 0.717) is 17.5 Å². The van der Waals surface area contributed by atoms with E-state index in [0.717, 1.165) is 25.2 Å². The van der Waals surface area contributed by atoms with Crippen LogP contribution in [-0.4, -0.2) is 46.8 Å². The number of nitrogens with zero attached hydrogens (tertiary/aromatic N) is 4. The highest BCUT2D eigenvalue weighted by Gasteiger charge is 2.21. The lowest BCUT2D eigenvalue weighted by molar-refractivity contribution is 0.306. The fourth-order valence-corrected chi connectivity index (χ4v) is 2.54. The van der Waals surface area contributed by atoms with Crippen LogP contribution in [0.25, 0.3) is 11.5 Å². The topological polar surface area (TPSA) is 90.3 Å². The van der Waals surface area contributed by atoms with Crippen LogP contribution in [0.3, 0.4) is 0 Å². The average Bonchev–Trinajstić information content (AvgIpc) is 3.18. The first-order chi connectivity index (χ1) is 10.3. The first kappa shape index (κ1) is 14.0. The molecule has 1 saturated heterocycles. The standard InChI is InChI=1S/C14H19N5O2/c1-20-12-8-16-5-4-10(12)14-17-13(18-21-14)11(15)9-19-6-2-3-7-19/h4-5,8,11H,2-3,6-7,9,15H2,1H3. The third-order valence-electron chi connectivity index (χ3n) is 3.66. The molecule has 1 atom stereocenters. The van der Waals surface area contributed by atoms with Gasteiger partial charge in [0.2, 0.25) is 0 Å². The molecule has 0 aliphatic carbocycles. The molecule has 1 aliphatic heterocycles. The van der Waals surface area contributed by atoms with Crippen LogP contribution in [0.2, 0.25) is 0 Å². The van der Waals surface area contributed by atoms with Gasteiger partial charge in [-0.1, -0.05) is 5.16 Å². The van der Waals surface area contributed by atoms with Crippen LogP contribution in [0.4, 0.5) is 0 Å². The van der Waals surface area contributed by atoms with Gasteiger partial charge in [-0.3, -0.25) is 4.98 Å². The molecule has 1 unspecified atom stereocenters. The van der Waals surface area contributed by atoms with E-state index in [1.54, 1.807) is 25.6 Å². The maximum absolute atomic E-state index is 6.17. The summed E-state index contributed by atoms with van der Waals surface area (Å²) in [6.07, 6.45) is 5.74. The van der Waals surface area contributed by atoms with Gasteiger partial charge in [0, 0.05) is 12.7 Å². The minimum absolute atomic E-state index is 0.242. The number of hydrogen-bond donors (Lipinski definition) is 1. The zero-order valence-electron chi connectivity index (χ0n) is 12.0. The van der Waals surface area contributed by atoms with Crippen molar-refractivity contribution in [3.63, 3.8) is 0 Å². The number of ether oxygens (including phenoxy) is 1. The van der Waals surface area contributed by atoms with Gasteiger partial charge >= 0.3 is 0 Å². The Morgan fingerprint density at radius 3 is 3.00 bits per heavy atom. The maximum atomic E-state index is 6.17. The van der Waals surface area contributed by atoms with E-state index in [1.807, 2.05) is 0 Å². The van der Waals surface area contributed by atoms with Gasteiger partial charge in [0.25, 0.3) is 5.89 Å². The molecule has 2 aromatic heterocycles. The van der Waals surface area contributed by atoms with Gasteiger partial charge in [-0.15, -0.1) is 0 Å². The van der Waals surface area contributed by atoms with Crippen LogP contribution in [0, 0.1) is 0 Å². The molecule has 7 heteroatoms. The molecule has 3 rings (SSSR count). The minimum atomic E-state index is -0.242. The molecule has 2 aromatic rings. The second kappa shape index (κ2) is 6.19. The van der Waals surface area contributed by atoms with Crippen LogP contribution in [0.5, 0.6) is 5.75 Å². The maximum Gasteiger partial charge on any atom is 0.261 e. The molecule has 1 aliphatic rings. The van der Waals surface area contributed by atoms with Gasteiger partial charge in [-0.25, -0.2) is 0 Å². The van der Waals surface area contributed by atoms with Crippen molar-refractivity contribution in [1.82, 2.24) is 20.0 Å². The summed E-state index contributed by atoms with van der Waals surface area (Å²) in [5, 5.41) is 4.00. The zero-order valence-corrected chi connectivity index (χ0v) is 12.0. The fourth-order valence-electron chi connectivity index (χ4n) is 2.54. The van der Waals surface area contributed by atoms with Gasteiger partial charge in [0.05, 0.1) is 24.9 Å². The van der Waals surface area contributed by atoms with Crippen LogP contribution < -0.4 is 10.5 Å². The van der Waals surface area contributed by atoms with E-state index in [9.17, 15) is 0 Å². The van der Waals surface area contributed by atoms with Crippen molar-refractivity contribution >= 4 is 0 Å². The number of hydrogen-bond acceptors (Lipinski definition) is 7. The number of likely N-dealkylation sites (tertiary alicyclic amines) is 1. The van der Waals surface area contributed by atoms with Gasteiger partial charge in [0.15, 0.2) is 5.82 Å². The molecule has 2 N–H and O–H groups in total. The molecule has 0 saturated carbocycles. The first-order valence-corrected chi connectivity index (χ1v) is 7.08. The third-order valence-corrected chi connectivity index (χ3v) is 3.66. The number of nitrogens with two attached hydrogens (primary N) is 1. The van der Waals surface area contributed by atoms with Crippen molar-refractivity contribution in [2.24, 2.45) is 5.73 Å². The smallest absolute Gasteiger partial charge is 0.261 e. The Labute approximate surface area is 123 Å². The van der Waals surface area contributed by atoms with Gasteiger partial charge in [-0.05, 0) is 32.0 Å². The first-order valence-electron chi connectivity index (χ1n) is 7.08. The van der Waals surface area contributed by atoms with E-state index >= 15 is 0 Å². The second-order valence-corrected chi connectivity index (χ2v) is 5.15. The monoisotopic (exact) mass is 289 g/mol. The highest BCUT2D eigenvalue weighted by Crippen LogP contribution is 2.27. The third kappa shape index (κ3) is 3.03. The molecule has 1 fully saturated rings. The molecule has 112 valence electrons. The highest BCUT2D eigenvalue weighted by atomic mass is 16.5. The number of aromatic nitrogens is 3. The summed E-state index contributed by atoms with van der Waals surface area (Å²) < 4.78 is 10.6. The summed E-state index contributed by atoms with van der Waals surface area (Å²) >= 11 is 0. The van der Waals surface area contributed by atoms with E-state index in [2.05, 4.69) is 20.0 Å². The number of rotatable bonds is 5. The van der Waals surface area contributed by atoms with Crippen molar-refractivity contribution in [2.45, 2.75) is 18.9 Å². The van der Waals surface area contributed by atoms with Crippen LogP contribution in [-0.2, 0) is 0 Å². The Bertz CT molecular complexity index is 595. The Morgan fingerprint density at radius 2 is 2.24 bits per heavy atom. The molecule has 0 bridgehead atoms. The van der Waals surface area contributed by atoms with Gasteiger partial charge < -0.3 is 19.9 Å². The van der Waals surface area contributed by atoms with Crippen molar-refractivity contribution in [3.8, 4) is 17.2 Å². The predicted molar refractivity (Wildman–Crippen MR) is 76.7 cm³/mol. The minimum Gasteiger partial charge on any atom is -0.494 e. The van der Waals surface area contributed by atoms with E-state index in [-0.39, 0.29) is 6.04 Å². The average molecular weight is 289 g/mol. The SMILES string of the molecule is COc1cnccc1-c1nc(C(N)CN2CCCC2)no1. The second-order valence-electron chi connectivity index (χ2n) is 5.15. The van der Waals surface area contributed by atoms with Crippen molar-refractivity contribution in [1.29, 1.82) is 0 Å². The molecule has 0 spiro atoms. The predicted octanol–water partition coefficient (Wildman–Crippen LogP) is 1.24. The Balaban J connectivity index is 1.76. The lowest BCUT2D eigenvalue weighted by Crippen LogP contribution is -2.30. The summed E-state index contributed by atoms with van der Waals surface area (Å²) in [5.41, 5.74) is 6.89. The molecule has 21 heavy (non-hydrogen) atoms. The van der Waals surface area contributed by atoms with E-state index < -0.39 is 0 Å². The lowest BCUT2D eigenvalue weighted by Gasteiger charge is -2.17. The number of methoxy groups -OCH3 is 1. The van der Waals surface area contributed by atoms with Gasteiger partial charge in [-0.2, -0.15) is 4.98 Å². The molecule has 0 radical (unpaired) electrons. The summed E-state index contributed by atoms with van der Waals surface area (Å²) in [4.78, 5) is 10.7. The van der Waals surface area contributed by atoms with Crippen LogP contribution in [0.15, 0.2) is 23.0 Å². The number of pyridine rings is 1. The van der Waals surface area contributed by atoms with Crippen LogP contribution in [0.1, 0.15) is 24.7 Å². The van der Waals surface area contributed by atoms with E-state index in [1.165, 1.54) is 12.8 Å². The lowest BCUT2D eigenvalue weighted by atomic mass is 10.2. The van der Waals surface area contributed by atoms with Gasteiger partial charge in [0.1, 0.15) is 5.75 Å². The summed E-state index contributed by atoms with van der Waals surface area (Å²) in [5.74, 6) is 1.53. The Morgan fingerprint density at radius 1 is 1.43 bits per heavy atom. The molecule has 7 nitrogen and oxygen atoms in total. The fraction of sp³-hybridized carbons (Fsp3) is 0.500. The zero-order chi connectivity index (χ0) is 14.7. The Hall–Kier alpha value is -1.99. The molecular weight excluding hydrogens is 270 g/mol. The molecule has 0 aromatic carbocycles. The summed E-state index contributed by atoms with van der Waals surface area (Å²) in [7, 11) is 1.58.